The van der Waals surface area contributed by atoms with E-state index in [9.17, 15) is 4.79 Å². The van der Waals surface area contributed by atoms with E-state index in [0.29, 0.717) is 6.04 Å². The van der Waals surface area contributed by atoms with Crippen LogP contribution in [-0.4, -0.2) is 16.8 Å². The third-order valence-corrected chi connectivity index (χ3v) is 2.74. The molecule has 0 saturated heterocycles. The van der Waals surface area contributed by atoms with E-state index in [1.54, 1.807) is 6.92 Å². The summed E-state index contributed by atoms with van der Waals surface area (Å²) < 4.78 is 0. The van der Waals surface area contributed by atoms with E-state index < -0.39 is 0 Å². The minimum absolute atomic E-state index is 0.108. The first-order chi connectivity index (χ1) is 7.58. The average molecular weight is 217 g/mol. The molecule has 0 spiro atoms. The monoisotopic (exact) mass is 217 g/mol. The van der Waals surface area contributed by atoms with Crippen molar-refractivity contribution in [2.24, 2.45) is 0 Å². The maximum absolute atomic E-state index is 11.3. The van der Waals surface area contributed by atoms with E-state index in [4.69, 9.17) is 0 Å². The topological polar surface area (TPSA) is 60.5 Å². The summed E-state index contributed by atoms with van der Waals surface area (Å²) in [7, 11) is 0. The second-order valence-corrected chi connectivity index (χ2v) is 4.44. The van der Waals surface area contributed by atoms with Crippen LogP contribution in [0.4, 0.5) is 0 Å². The first-order valence-corrected chi connectivity index (χ1v) is 5.52. The van der Waals surface area contributed by atoms with Gasteiger partial charge in [0.1, 0.15) is 0 Å². The third kappa shape index (κ3) is 1.99. The number of ketones is 1. The van der Waals surface area contributed by atoms with Crippen LogP contribution in [0.2, 0.25) is 0 Å². The summed E-state index contributed by atoms with van der Waals surface area (Å²) in [6.07, 6.45) is 2.94. The number of fused-ring (bicyclic) bond motifs is 1. The average Bonchev–Trinajstić information content (AvgIpc) is 2.60. The Morgan fingerprint density at radius 2 is 2.25 bits per heavy atom. The Kier molecular flexibility index (Phi) is 2.79. The number of quaternary nitrogens is 1. The summed E-state index contributed by atoms with van der Waals surface area (Å²) >= 11 is 0. The lowest BCUT2D eigenvalue weighted by atomic mass is 10.0. The van der Waals surface area contributed by atoms with Crippen molar-refractivity contribution < 1.29 is 10.5 Å². The number of H-pyrrole nitrogens is 1. The molecule has 2 aromatic rings. The molecule has 2 rings (SSSR count). The van der Waals surface area contributed by atoms with E-state index in [2.05, 4.69) is 17.6 Å². The zero-order valence-corrected chi connectivity index (χ0v) is 9.71. The molecule has 0 aliphatic carbocycles. The maximum Gasteiger partial charge on any atom is 0.159 e. The second-order valence-electron chi connectivity index (χ2n) is 4.44. The summed E-state index contributed by atoms with van der Waals surface area (Å²) in [6, 6.07) is 6.16. The number of aromatic amines is 1. The number of carbonyl (C=O) groups is 1. The van der Waals surface area contributed by atoms with E-state index in [1.807, 2.05) is 24.4 Å². The summed E-state index contributed by atoms with van der Waals surface area (Å²) in [6.45, 7) is 3.69. The molecule has 84 valence electrons. The van der Waals surface area contributed by atoms with Gasteiger partial charge in [0, 0.05) is 29.1 Å². The van der Waals surface area contributed by atoms with Gasteiger partial charge in [-0.05, 0) is 37.6 Å². The third-order valence-electron chi connectivity index (χ3n) is 2.74. The minimum Gasteiger partial charge on any atom is -0.361 e. The maximum atomic E-state index is 11.3. The van der Waals surface area contributed by atoms with Gasteiger partial charge in [-0.25, -0.2) is 0 Å². The van der Waals surface area contributed by atoms with Crippen LogP contribution in [0.3, 0.4) is 0 Å². The van der Waals surface area contributed by atoms with Gasteiger partial charge in [0.15, 0.2) is 5.78 Å². The van der Waals surface area contributed by atoms with E-state index in [0.717, 1.165) is 22.9 Å². The van der Waals surface area contributed by atoms with E-state index in [-0.39, 0.29) is 5.78 Å². The van der Waals surface area contributed by atoms with Crippen molar-refractivity contribution in [1.29, 1.82) is 0 Å². The fraction of sp³-hybridized carbons (Fsp3) is 0.308. The number of benzene rings is 1. The van der Waals surface area contributed by atoms with Crippen molar-refractivity contribution in [3.63, 3.8) is 0 Å². The molecule has 0 aliphatic heterocycles. The summed E-state index contributed by atoms with van der Waals surface area (Å²) in [5.74, 6) is 0.108. The summed E-state index contributed by atoms with van der Waals surface area (Å²) in [4.78, 5) is 14.5. The van der Waals surface area contributed by atoms with Gasteiger partial charge >= 0.3 is 0 Å². The number of Topliss-reactive ketones (excluding diaryl/α,β-unsaturated/α-hetero) is 1. The SMILES string of the molecule is CC(=O)c1ccc2[nH]cc(C[C@@H](C)[NH3+])c2c1. The van der Waals surface area contributed by atoms with Crippen molar-refractivity contribution in [3.05, 3.63) is 35.5 Å². The number of aromatic nitrogens is 1. The number of carbonyl (C=O) groups excluding carboxylic acids is 1. The molecule has 0 saturated carbocycles. The van der Waals surface area contributed by atoms with Gasteiger partial charge in [0.25, 0.3) is 0 Å². The summed E-state index contributed by atoms with van der Waals surface area (Å²) in [5.41, 5.74) is 7.09. The smallest absolute Gasteiger partial charge is 0.159 e. The van der Waals surface area contributed by atoms with Crippen LogP contribution >= 0.6 is 0 Å². The molecule has 1 aromatic heterocycles. The predicted octanol–water partition coefficient (Wildman–Crippen LogP) is 1.54. The highest BCUT2D eigenvalue weighted by molar-refractivity contribution is 5.98. The van der Waals surface area contributed by atoms with Gasteiger partial charge in [0.05, 0.1) is 6.04 Å². The molecule has 0 amide bonds. The Morgan fingerprint density at radius 1 is 1.50 bits per heavy atom. The normalized spacial score (nSPS) is 12.9. The lowest BCUT2D eigenvalue weighted by Gasteiger charge is -2.01. The van der Waals surface area contributed by atoms with E-state index >= 15 is 0 Å². The minimum atomic E-state index is 0.108. The molecule has 16 heavy (non-hydrogen) atoms. The molecule has 1 aromatic carbocycles. The standard InChI is InChI=1S/C13H16N2O/c1-8(14)5-11-7-15-13-4-3-10(9(2)16)6-12(11)13/h3-4,6-8,15H,5,14H2,1-2H3/p+1/t8-/m1/s1. The van der Waals surface area contributed by atoms with Gasteiger partial charge in [0.2, 0.25) is 0 Å². The Morgan fingerprint density at radius 3 is 2.88 bits per heavy atom. The van der Waals surface area contributed by atoms with Crippen LogP contribution in [0.1, 0.15) is 29.8 Å². The van der Waals surface area contributed by atoms with Gasteiger partial charge in [-0.1, -0.05) is 0 Å². The van der Waals surface area contributed by atoms with Gasteiger partial charge in [-0.15, -0.1) is 0 Å². The highest BCUT2D eigenvalue weighted by Crippen LogP contribution is 2.21. The van der Waals surface area contributed by atoms with Crippen LogP contribution in [0.15, 0.2) is 24.4 Å². The van der Waals surface area contributed by atoms with Crippen LogP contribution in [0.5, 0.6) is 0 Å². The zero-order chi connectivity index (χ0) is 11.7. The number of rotatable bonds is 3. The largest absolute Gasteiger partial charge is 0.361 e. The van der Waals surface area contributed by atoms with Crippen LogP contribution < -0.4 is 5.73 Å². The van der Waals surface area contributed by atoms with Crippen molar-refractivity contribution in [1.82, 2.24) is 4.98 Å². The van der Waals surface area contributed by atoms with Crippen molar-refractivity contribution in [3.8, 4) is 0 Å². The highest BCUT2D eigenvalue weighted by atomic mass is 16.1. The van der Waals surface area contributed by atoms with Crippen molar-refractivity contribution >= 4 is 16.7 Å². The fourth-order valence-electron chi connectivity index (χ4n) is 1.94. The Balaban J connectivity index is 2.51. The lowest BCUT2D eigenvalue weighted by Crippen LogP contribution is -2.60. The molecule has 0 fully saturated rings. The molecular formula is C13H17N2O+. The number of hydrogen-bond acceptors (Lipinski definition) is 1. The predicted molar refractivity (Wildman–Crippen MR) is 64.4 cm³/mol. The number of nitrogens with one attached hydrogen (secondary N) is 1. The molecule has 4 N–H and O–H groups in total. The first-order valence-electron chi connectivity index (χ1n) is 5.52. The van der Waals surface area contributed by atoms with Gasteiger partial charge in [-0.2, -0.15) is 0 Å². The fourth-order valence-corrected chi connectivity index (χ4v) is 1.94. The molecule has 1 atom stereocenters. The van der Waals surface area contributed by atoms with Crippen LogP contribution in [0.25, 0.3) is 10.9 Å². The van der Waals surface area contributed by atoms with Crippen LogP contribution in [-0.2, 0) is 6.42 Å². The highest BCUT2D eigenvalue weighted by Gasteiger charge is 2.09. The zero-order valence-electron chi connectivity index (χ0n) is 9.71. The van der Waals surface area contributed by atoms with Crippen molar-refractivity contribution in [2.45, 2.75) is 26.3 Å². The molecule has 3 heteroatoms. The summed E-state index contributed by atoms with van der Waals surface area (Å²) in [5, 5.41) is 1.14. The molecule has 0 radical (unpaired) electrons. The lowest BCUT2D eigenvalue weighted by molar-refractivity contribution is -0.413. The van der Waals surface area contributed by atoms with E-state index in [1.165, 1.54) is 5.56 Å². The van der Waals surface area contributed by atoms with Crippen molar-refractivity contribution in [2.75, 3.05) is 0 Å². The molecule has 0 unspecified atom stereocenters. The quantitative estimate of drug-likeness (QED) is 0.753. The molecule has 0 aliphatic rings. The van der Waals surface area contributed by atoms with Gasteiger partial charge < -0.3 is 10.7 Å². The molecule has 3 nitrogen and oxygen atoms in total. The Bertz CT molecular complexity index is 526. The molecule has 0 bridgehead atoms. The van der Waals surface area contributed by atoms with Gasteiger partial charge in [-0.3, -0.25) is 4.79 Å². The van der Waals surface area contributed by atoms with Crippen LogP contribution in [0, 0.1) is 0 Å². The first kappa shape index (κ1) is 10.9. The number of hydrogen-bond donors (Lipinski definition) is 2. The Hall–Kier alpha value is -1.61. The second kappa shape index (κ2) is 4.10. The molecular weight excluding hydrogens is 200 g/mol. The Labute approximate surface area is 94.6 Å². The molecule has 1 heterocycles.